The first-order valence-corrected chi connectivity index (χ1v) is 13.0. The van der Waals surface area contributed by atoms with Crippen LogP contribution in [-0.2, 0) is 16.4 Å². The van der Waals surface area contributed by atoms with Gasteiger partial charge in [0.2, 0.25) is 6.79 Å². The predicted octanol–water partition coefficient (Wildman–Crippen LogP) is 3.02. The smallest absolute Gasteiger partial charge is 0.252 e. The number of furan rings is 1. The number of amides is 1. The molecule has 1 N–H and O–H groups in total. The molecule has 1 amide bonds. The average molecular weight is 495 g/mol. The number of fused-ring (bicyclic) bond motifs is 2. The van der Waals surface area contributed by atoms with Gasteiger partial charge in [-0.1, -0.05) is 6.07 Å². The van der Waals surface area contributed by atoms with Crippen molar-refractivity contribution >= 4 is 26.8 Å². The predicted molar refractivity (Wildman–Crippen MR) is 126 cm³/mol. The first-order valence-electron chi connectivity index (χ1n) is 11.2. The number of pyridine rings is 1. The maximum absolute atomic E-state index is 13.4. The highest BCUT2D eigenvalue weighted by Gasteiger charge is 2.32. The van der Waals surface area contributed by atoms with Crippen LogP contribution in [0.1, 0.15) is 34.1 Å². The summed E-state index contributed by atoms with van der Waals surface area (Å²) in [6, 6.07) is 10.4. The van der Waals surface area contributed by atoms with Gasteiger partial charge < -0.3 is 19.2 Å². The molecule has 0 radical (unpaired) electrons. The van der Waals surface area contributed by atoms with Gasteiger partial charge in [-0.3, -0.25) is 4.79 Å². The zero-order valence-corrected chi connectivity index (χ0v) is 19.7. The third-order valence-corrected chi connectivity index (χ3v) is 8.05. The molecule has 1 aromatic carbocycles. The Morgan fingerprint density at radius 3 is 2.83 bits per heavy atom. The van der Waals surface area contributed by atoms with Crippen molar-refractivity contribution in [1.29, 1.82) is 0 Å². The van der Waals surface area contributed by atoms with E-state index in [1.807, 2.05) is 18.2 Å². The summed E-state index contributed by atoms with van der Waals surface area (Å²) in [6.07, 6.45) is 1.99. The molecular weight excluding hydrogens is 472 g/mol. The van der Waals surface area contributed by atoms with Crippen molar-refractivity contribution in [2.24, 2.45) is 0 Å². The van der Waals surface area contributed by atoms with E-state index in [-0.39, 0.29) is 36.8 Å². The number of nitrogens with zero attached hydrogens (tertiary/aromatic N) is 3. The summed E-state index contributed by atoms with van der Waals surface area (Å²) < 4.78 is 42.2. The molecule has 10 nitrogen and oxygen atoms in total. The fourth-order valence-electron chi connectivity index (χ4n) is 4.59. The van der Waals surface area contributed by atoms with Gasteiger partial charge in [0.15, 0.2) is 32.7 Å². The minimum Gasteiger partial charge on any atom is -0.463 e. The number of nitrogens with one attached hydrogen (secondary N) is 1. The molecule has 180 valence electrons. The number of carbonyl (C=O) groups excluding carboxylic acids is 1. The summed E-state index contributed by atoms with van der Waals surface area (Å²) in [4.78, 5) is 18.1. The van der Waals surface area contributed by atoms with Gasteiger partial charge in [0.05, 0.1) is 40.5 Å². The van der Waals surface area contributed by atoms with E-state index < -0.39 is 9.84 Å². The Labute approximate surface area is 200 Å². The normalized spacial score (nSPS) is 18.3. The Balaban J connectivity index is 1.39. The Bertz CT molecular complexity index is 1560. The highest BCUT2D eigenvalue weighted by Crippen LogP contribution is 2.34. The molecule has 0 aliphatic carbocycles. The van der Waals surface area contributed by atoms with Crippen LogP contribution in [0.2, 0.25) is 0 Å². The third-order valence-electron chi connectivity index (χ3n) is 6.30. The van der Waals surface area contributed by atoms with Crippen LogP contribution in [0.5, 0.6) is 11.5 Å². The van der Waals surface area contributed by atoms with Crippen molar-refractivity contribution in [2.45, 2.75) is 25.9 Å². The lowest BCUT2D eigenvalue weighted by atomic mass is 10.1. The molecule has 0 saturated carbocycles. The number of rotatable bonds is 5. The van der Waals surface area contributed by atoms with E-state index in [0.29, 0.717) is 51.7 Å². The first-order chi connectivity index (χ1) is 16.9. The van der Waals surface area contributed by atoms with Gasteiger partial charge in [-0.25, -0.2) is 18.1 Å². The Kier molecular flexibility index (Phi) is 5.03. The van der Waals surface area contributed by atoms with Crippen LogP contribution in [-0.4, -0.2) is 47.4 Å². The molecule has 4 aromatic rings. The van der Waals surface area contributed by atoms with Crippen molar-refractivity contribution in [3.8, 4) is 23.0 Å². The number of ether oxygens (including phenoxy) is 2. The van der Waals surface area contributed by atoms with E-state index in [9.17, 15) is 13.2 Å². The number of sulfone groups is 1. The van der Waals surface area contributed by atoms with Gasteiger partial charge >= 0.3 is 0 Å². The SMILES string of the molecule is Cc1nn([C@H]2CCS(=O)(=O)C2)c2nc(-c3ccco3)cc(C(=O)NCc3ccc4c(c3)OCO4)c12. The lowest BCUT2D eigenvalue weighted by molar-refractivity contribution is 0.0952. The van der Waals surface area contributed by atoms with E-state index in [1.54, 1.807) is 29.8 Å². The molecule has 0 unspecified atom stereocenters. The van der Waals surface area contributed by atoms with Crippen LogP contribution in [0.15, 0.2) is 47.1 Å². The maximum Gasteiger partial charge on any atom is 0.252 e. The van der Waals surface area contributed by atoms with E-state index >= 15 is 0 Å². The van der Waals surface area contributed by atoms with Gasteiger partial charge in [0.1, 0.15) is 5.69 Å². The maximum atomic E-state index is 13.4. The largest absolute Gasteiger partial charge is 0.463 e. The molecule has 2 aliphatic rings. The second kappa shape index (κ2) is 8.12. The Hall–Kier alpha value is -3.86. The number of hydrogen-bond donors (Lipinski definition) is 1. The Morgan fingerprint density at radius 2 is 2.06 bits per heavy atom. The van der Waals surface area contributed by atoms with Crippen LogP contribution in [0, 0.1) is 6.92 Å². The summed E-state index contributed by atoms with van der Waals surface area (Å²) in [5.74, 6) is 1.63. The van der Waals surface area contributed by atoms with Gasteiger partial charge in [0, 0.05) is 6.54 Å². The molecule has 1 saturated heterocycles. The zero-order chi connectivity index (χ0) is 24.2. The first kappa shape index (κ1) is 21.7. The van der Waals surface area contributed by atoms with Crippen molar-refractivity contribution < 1.29 is 27.1 Å². The van der Waals surface area contributed by atoms with Gasteiger partial charge in [-0.05, 0) is 49.2 Å². The molecule has 1 fully saturated rings. The minimum absolute atomic E-state index is 0.00151. The standard InChI is InChI=1S/C24H22N4O6S/c1-14-22-17(24(29)25-11-15-4-5-20-21(9-15)34-13-33-20)10-18(19-3-2-7-32-19)26-23(22)28(27-14)16-6-8-35(30,31)12-16/h2-5,7,9-10,16H,6,8,11-13H2,1H3,(H,25,29)/t16-/m0/s1. The number of hydrogen-bond acceptors (Lipinski definition) is 8. The lowest BCUT2D eigenvalue weighted by Crippen LogP contribution is -2.23. The van der Waals surface area contributed by atoms with E-state index in [1.165, 1.54) is 6.26 Å². The highest BCUT2D eigenvalue weighted by atomic mass is 32.2. The van der Waals surface area contributed by atoms with Crippen molar-refractivity contribution in [3.63, 3.8) is 0 Å². The lowest BCUT2D eigenvalue weighted by Gasteiger charge is -2.12. The van der Waals surface area contributed by atoms with Crippen LogP contribution >= 0.6 is 0 Å². The number of carbonyl (C=O) groups is 1. The van der Waals surface area contributed by atoms with E-state index in [2.05, 4.69) is 10.4 Å². The molecule has 35 heavy (non-hydrogen) atoms. The monoisotopic (exact) mass is 494 g/mol. The fraction of sp³-hybridized carbons (Fsp3) is 0.292. The molecule has 5 heterocycles. The fourth-order valence-corrected chi connectivity index (χ4v) is 6.29. The number of aromatic nitrogens is 3. The van der Waals surface area contributed by atoms with Gasteiger partial charge in [-0.15, -0.1) is 0 Å². The van der Waals surface area contributed by atoms with E-state index in [0.717, 1.165) is 5.56 Å². The summed E-state index contributed by atoms with van der Waals surface area (Å²) >= 11 is 0. The van der Waals surface area contributed by atoms with Crippen molar-refractivity contribution in [1.82, 2.24) is 20.1 Å². The third kappa shape index (κ3) is 3.91. The Morgan fingerprint density at radius 1 is 1.20 bits per heavy atom. The highest BCUT2D eigenvalue weighted by molar-refractivity contribution is 7.91. The summed E-state index contributed by atoms with van der Waals surface area (Å²) in [5.41, 5.74) is 2.80. The van der Waals surface area contributed by atoms with Crippen LogP contribution in [0.4, 0.5) is 0 Å². The van der Waals surface area contributed by atoms with Gasteiger partial charge in [0.25, 0.3) is 5.91 Å². The summed E-state index contributed by atoms with van der Waals surface area (Å²) in [5, 5.41) is 8.16. The van der Waals surface area contributed by atoms with Crippen molar-refractivity contribution in [2.75, 3.05) is 18.3 Å². The molecule has 0 spiro atoms. The van der Waals surface area contributed by atoms with Crippen LogP contribution < -0.4 is 14.8 Å². The quantitative estimate of drug-likeness (QED) is 0.449. The molecule has 11 heteroatoms. The summed E-state index contributed by atoms with van der Waals surface area (Å²) in [7, 11) is -3.13. The molecule has 1 atom stereocenters. The van der Waals surface area contributed by atoms with Crippen molar-refractivity contribution in [3.05, 3.63) is 59.5 Å². The molecule has 6 rings (SSSR count). The second-order valence-corrected chi connectivity index (χ2v) is 10.9. The van der Waals surface area contributed by atoms with Crippen LogP contribution in [0.25, 0.3) is 22.5 Å². The molecule has 0 bridgehead atoms. The minimum atomic E-state index is -3.13. The number of aryl methyl sites for hydroxylation is 1. The van der Waals surface area contributed by atoms with E-state index in [4.69, 9.17) is 18.9 Å². The van der Waals surface area contributed by atoms with Gasteiger partial charge in [-0.2, -0.15) is 5.10 Å². The number of benzene rings is 1. The topological polar surface area (TPSA) is 126 Å². The summed E-state index contributed by atoms with van der Waals surface area (Å²) in [6.45, 7) is 2.26. The molecular formula is C24H22N4O6S. The average Bonchev–Trinajstić information content (AvgIpc) is 3.63. The molecule has 2 aliphatic heterocycles. The zero-order valence-electron chi connectivity index (χ0n) is 18.9. The molecule has 3 aromatic heterocycles. The van der Waals surface area contributed by atoms with Crippen LogP contribution in [0.3, 0.4) is 0 Å². The second-order valence-electron chi connectivity index (χ2n) is 8.69.